The van der Waals surface area contributed by atoms with E-state index >= 15 is 0 Å². The van der Waals surface area contributed by atoms with E-state index in [0.717, 1.165) is 11.1 Å². The first-order valence-electron chi connectivity index (χ1n) is 10.6. The number of carbonyl (C=O) groups is 1. The van der Waals surface area contributed by atoms with E-state index < -0.39 is 5.91 Å². The second kappa shape index (κ2) is 9.77. The van der Waals surface area contributed by atoms with Gasteiger partial charge in [0.25, 0.3) is 5.91 Å². The molecule has 0 bridgehead atoms. The van der Waals surface area contributed by atoms with Crippen LogP contribution < -0.4 is 9.47 Å². The Hall–Kier alpha value is -3.88. The lowest BCUT2D eigenvalue weighted by molar-refractivity contribution is -0.114. The number of amides is 1. The number of halogens is 1. The van der Waals surface area contributed by atoms with Crippen molar-refractivity contribution in [1.29, 1.82) is 5.41 Å². The van der Waals surface area contributed by atoms with Gasteiger partial charge in [0, 0.05) is 5.56 Å². The summed E-state index contributed by atoms with van der Waals surface area (Å²) < 4.78 is 11.4. The molecule has 0 spiro atoms. The predicted molar refractivity (Wildman–Crippen MR) is 139 cm³/mol. The Kier molecular flexibility index (Phi) is 6.39. The standard InChI is InChI=1S/C26H19ClN4O3S/c1-33-22-14-17(11-12-21(22)34-15-16-7-3-2-4-8-16)13-19-23(28)31-26(29-24(19)32)35-25(30-31)18-9-5-6-10-20(18)27/h2-14,28H,15H2,1H3/b19-13-,28-23?. The van der Waals surface area contributed by atoms with Crippen molar-refractivity contribution in [2.24, 2.45) is 10.1 Å². The number of fused-ring (bicyclic) bond motifs is 1. The molecular formula is C26H19ClN4O3S. The maximum atomic E-state index is 12.8. The molecule has 1 N–H and O–H groups in total. The van der Waals surface area contributed by atoms with E-state index in [1.807, 2.05) is 48.5 Å². The molecular weight excluding hydrogens is 484 g/mol. The van der Waals surface area contributed by atoms with Gasteiger partial charge in [-0.25, -0.2) is 0 Å². The summed E-state index contributed by atoms with van der Waals surface area (Å²) in [5.74, 6) is 0.532. The number of thioether (sulfide) groups is 1. The fourth-order valence-electron chi connectivity index (χ4n) is 3.53. The van der Waals surface area contributed by atoms with Gasteiger partial charge in [0.15, 0.2) is 17.3 Å². The fraction of sp³-hybridized carbons (Fsp3) is 0.0769. The average molecular weight is 503 g/mol. The Bertz CT molecular complexity index is 1420. The molecule has 0 aromatic heterocycles. The average Bonchev–Trinajstić information content (AvgIpc) is 3.30. The predicted octanol–water partition coefficient (Wildman–Crippen LogP) is 5.60. The van der Waals surface area contributed by atoms with Gasteiger partial charge in [0.05, 0.1) is 17.7 Å². The summed E-state index contributed by atoms with van der Waals surface area (Å²) in [6.07, 6.45) is 1.60. The minimum atomic E-state index is -0.507. The van der Waals surface area contributed by atoms with Gasteiger partial charge in [-0.1, -0.05) is 66.2 Å². The van der Waals surface area contributed by atoms with Crippen LogP contribution >= 0.6 is 23.4 Å². The number of nitrogens with one attached hydrogen (secondary N) is 1. The quantitative estimate of drug-likeness (QED) is 0.444. The highest BCUT2D eigenvalue weighted by atomic mass is 35.5. The van der Waals surface area contributed by atoms with Crippen molar-refractivity contribution >= 4 is 51.4 Å². The van der Waals surface area contributed by atoms with Crippen molar-refractivity contribution in [2.75, 3.05) is 7.11 Å². The molecule has 174 valence electrons. The lowest BCUT2D eigenvalue weighted by Crippen LogP contribution is -2.35. The van der Waals surface area contributed by atoms with Crippen molar-refractivity contribution in [3.63, 3.8) is 0 Å². The second-order valence-electron chi connectivity index (χ2n) is 7.59. The van der Waals surface area contributed by atoms with Gasteiger partial charge in [-0.2, -0.15) is 15.1 Å². The van der Waals surface area contributed by atoms with Crippen molar-refractivity contribution in [3.8, 4) is 11.5 Å². The first kappa shape index (κ1) is 22.9. The van der Waals surface area contributed by atoms with E-state index in [4.69, 9.17) is 26.5 Å². The summed E-state index contributed by atoms with van der Waals surface area (Å²) >= 11 is 7.50. The summed E-state index contributed by atoms with van der Waals surface area (Å²) in [7, 11) is 1.55. The van der Waals surface area contributed by atoms with E-state index in [0.29, 0.717) is 38.9 Å². The highest BCUT2D eigenvalue weighted by molar-refractivity contribution is 8.27. The van der Waals surface area contributed by atoms with Gasteiger partial charge in [-0.05, 0) is 47.2 Å². The third-order valence-electron chi connectivity index (χ3n) is 5.29. The number of rotatable bonds is 6. The third kappa shape index (κ3) is 4.71. The number of aliphatic imine (C=N–C) groups is 1. The fourth-order valence-corrected chi connectivity index (χ4v) is 4.74. The Morgan fingerprint density at radius 3 is 2.60 bits per heavy atom. The lowest BCUT2D eigenvalue weighted by atomic mass is 10.1. The second-order valence-corrected chi connectivity index (χ2v) is 8.95. The van der Waals surface area contributed by atoms with Gasteiger partial charge in [0.1, 0.15) is 11.7 Å². The normalized spacial score (nSPS) is 16.2. The Morgan fingerprint density at radius 2 is 1.83 bits per heavy atom. The molecule has 0 aliphatic carbocycles. The zero-order valence-corrected chi connectivity index (χ0v) is 20.1. The molecule has 5 rings (SSSR count). The lowest BCUT2D eigenvalue weighted by Gasteiger charge is -2.20. The van der Waals surface area contributed by atoms with Crippen LogP contribution in [0, 0.1) is 5.41 Å². The van der Waals surface area contributed by atoms with Gasteiger partial charge in [-0.15, -0.1) is 0 Å². The number of hydrazone groups is 1. The van der Waals surface area contributed by atoms with Crippen LogP contribution in [0.2, 0.25) is 5.02 Å². The number of benzene rings is 3. The monoisotopic (exact) mass is 502 g/mol. The van der Waals surface area contributed by atoms with Crippen molar-refractivity contribution in [2.45, 2.75) is 6.61 Å². The van der Waals surface area contributed by atoms with Crippen molar-refractivity contribution in [3.05, 3.63) is 100 Å². The first-order valence-corrected chi connectivity index (χ1v) is 11.8. The number of hydrogen-bond acceptors (Lipinski definition) is 6. The molecule has 2 aliphatic heterocycles. The molecule has 35 heavy (non-hydrogen) atoms. The molecule has 0 atom stereocenters. The molecule has 2 heterocycles. The van der Waals surface area contributed by atoms with Gasteiger partial charge in [-0.3, -0.25) is 10.2 Å². The molecule has 3 aromatic rings. The van der Waals surface area contributed by atoms with Gasteiger partial charge in [0.2, 0.25) is 5.17 Å². The molecule has 3 aromatic carbocycles. The van der Waals surface area contributed by atoms with Crippen LogP contribution in [0.1, 0.15) is 16.7 Å². The Labute approximate surface area is 211 Å². The molecule has 0 radical (unpaired) electrons. The maximum Gasteiger partial charge on any atom is 0.283 e. The highest BCUT2D eigenvalue weighted by Crippen LogP contribution is 2.34. The van der Waals surface area contributed by atoms with Crippen LogP contribution in [-0.2, 0) is 11.4 Å². The number of methoxy groups -OCH3 is 1. The minimum Gasteiger partial charge on any atom is -0.493 e. The van der Waals surface area contributed by atoms with E-state index in [1.165, 1.54) is 16.8 Å². The summed E-state index contributed by atoms with van der Waals surface area (Å²) in [4.78, 5) is 16.9. The van der Waals surface area contributed by atoms with Crippen LogP contribution in [0.3, 0.4) is 0 Å². The molecule has 0 unspecified atom stereocenters. The molecule has 0 saturated heterocycles. The molecule has 7 nitrogen and oxygen atoms in total. The van der Waals surface area contributed by atoms with Crippen LogP contribution in [-0.4, -0.2) is 34.1 Å². The minimum absolute atomic E-state index is 0.0575. The number of hydrogen-bond donors (Lipinski definition) is 1. The van der Waals surface area contributed by atoms with Gasteiger partial charge >= 0.3 is 0 Å². The zero-order chi connectivity index (χ0) is 24.4. The SMILES string of the molecule is COc1cc(/C=C2/C(=N)N3N=C(c4ccccc4Cl)SC3=NC2=O)ccc1OCc1ccccc1. The van der Waals surface area contributed by atoms with E-state index in [-0.39, 0.29) is 11.4 Å². The molecule has 9 heteroatoms. The van der Waals surface area contributed by atoms with Crippen molar-refractivity contribution < 1.29 is 14.3 Å². The number of nitrogens with zero attached hydrogens (tertiary/aromatic N) is 3. The summed E-state index contributed by atoms with van der Waals surface area (Å²) in [6.45, 7) is 0.399. The topological polar surface area (TPSA) is 87.3 Å². The molecule has 0 saturated carbocycles. The van der Waals surface area contributed by atoms with E-state index in [1.54, 1.807) is 37.5 Å². The smallest absolute Gasteiger partial charge is 0.283 e. The Balaban J connectivity index is 1.39. The molecule has 2 aliphatic rings. The van der Waals surface area contributed by atoms with E-state index in [2.05, 4.69) is 10.1 Å². The largest absolute Gasteiger partial charge is 0.493 e. The first-order chi connectivity index (χ1) is 17.0. The Morgan fingerprint density at radius 1 is 1.06 bits per heavy atom. The maximum absolute atomic E-state index is 12.8. The van der Waals surface area contributed by atoms with Crippen LogP contribution in [0.4, 0.5) is 0 Å². The number of ether oxygens (including phenoxy) is 2. The zero-order valence-electron chi connectivity index (χ0n) is 18.6. The number of carbonyl (C=O) groups excluding carboxylic acids is 1. The highest BCUT2D eigenvalue weighted by Gasteiger charge is 2.36. The van der Waals surface area contributed by atoms with Crippen molar-refractivity contribution in [1.82, 2.24) is 5.01 Å². The summed E-state index contributed by atoms with van der Waals surface area (Å²) in [6, 6.07) is 22.4. The van der Waals surface area contributed by atoms with Gasteiger partial charge < -0.3 is 9.47 Å². The summed E-state index contributed by atoms with van der Waals surface area (Å²) in [5.41, 5.74) is 2.55. The third-order valence-corrected chi connectivity index (χ3v) is 6.57. The van der Waals surface area contributed by atoms with Crippen LogP contribution in [0.25, 0.3) is 6.08 Å². The summed E-state index contributed by atoms with van der Waals surface area (Å²) in [5, 5.41) is 15.9. The molecule has 0 fully saturated rings. The van der Waals surface area contributed by atoms with Crippen LogP contribution in [0.5, 0.6) is 11.5 Å². The van der Waals surface area contributed by atoms with E-state index in [9.17, 15) is 4.79 Å². The molecule has 1 amide bonds. The number of amidine groups is 2. The van der Waals surface area contributed by atoms with Crippen LogP contribution in [0.15, 0.2) is 88.5 Å².